The number of hydrogen-bond acceptors (Lipinski definition) is 2. The van der Waals surface area contributed by atoms with E-state index in [1.165, 1.54) is 19.3 Å². The molecule has 0 unspecified atom stereocenters. The molecule has 0 spiro atoms. The maximum Gasteiger partial charge on any atom is 0.149 e. The molecule has 24 heavy (non-hydrogen) atoms. The second-order valence-corrected chi connectivity index (χ2v) is 6.28. The summed E-state index contributed by atoms with van der Waals surface area (Å²) >= 11 is 0. The fraction of sp³-hybridized carbons (Fsp3) is 0.400. The Morgan fingerprint density at radius 1 is 1.21 bits per heavy atom. The van der Waals surface area contributed by atoms with Crippen LogP contribution in [0.1, 0.15) is 57.6 Å². The molecule has 1 heterocycles. The third-order valence-electron chi connectivity index (χ3n) is 4.50. The lowest BCUT2D eigenvalue weighted by Gasteiger charge is -2.23. The molecule has 1 saturated carbocycles. The average molecular weight is 327 g/mol. The van der Waals surface area contributed by atoms with Crippen molar-refractivity contribution in [1.82, 2.24) is 9.55 Å². The van der Waals surface area contributed by atoms with E-state index in [0.29, 0.717) is 17.1 Å². The van der Waals surface area contributed by atoms with E-state index in [9.17, 15) is 4.39 Å². The molecular formula is C20H26FN3. The number of rotatable bonds is 3. The summed E-state index contributed by atoms with van der Waals surface area (Å²) in [6.07, 6.45) is 7.72. The average Bonchev–Trinajstić information content (AvgIpc) is 3.02. The quantitative estimate of drug-likeness (QED) is 0.507. The van der Waals surface area contributed by atoms with Gasteiger partial charge in [0.2, 0.25) is 0 Å². The van der Waals surface area contributed by atoms with Gasteiger partial charge in [0.1, 0.15) is 11.3 Å². The van der Waals surface area contributed by atoms with E-state index < -0.39 is 0 Å². The molecule has 0 saturated heterocycles. The highest BCUT2D eigenvalue weighted by Gasteiger charge is 2.20. The number of aliphatic imine (C=N–C) groups is 1. The monoisotopic (exact) mass is 327 g/mol. The van der Waals surface area contributed by atoms with E-state index in [0.717, 1.165) is 29.7 Å². The Morgan fingerprint density at radius 2 is 1.88 bits per heavy atom. The highest BCUT2D eigenvalue weighted by Crippen LogP contribution is 2.33. The molecule has 1 aliphatic carbocycles. The summed E-state index contributed by atoms with van der Waals surface area (Å²) in [4.78, 5) is 8.46. The number of allylic oxidation sites excluding steroid dienone is 1. The molecule has 2 aromatic rings. The molecule has 1 aromatic heterocycles. The van der Waals surface area contributed by atoms with Crippen LogP contribution in [-0.4, -0.2) is 16.3 Å². The van der Waals surface area contributed by atoms with Crippen molar-refractivity contribution < 1.29 is 4.39 Å². The van der Waals surface area contributed by atoms with Gasteiger partial charge in [0.15, 0.2) is 0 Å². The standard InChI is InChI=1S/C18H22FN3.C2H4/c1-12(2)17(20-3)13-9-15(19)18-16(10-13)21-11-22(18)14-7-5-4-6-8-14;1-2/h9-11,14H,3-8H2,1-2H3;1-2H2. The highest BCUT2D eigenvalue weighted by atomic mass is 19.1. The number of fused-ring (bicyclic) bond motifs is 1. The van der Waals surface area contributed by atoms with Crippen LogP contribution in [0.2, 0.25) is 0 Å². The smallest absolute Gasteiger partial charge is 0.149 e. The van der Waals surface area contributed by atoms with Crippen molar-refractivity contribution in [1.29, 1.82) is 0 Å². The highest BCUT2D eigenvalue weighted by molar-refractivity contribution is 5.82. The third-order valence-corrected chi connectivity index (χ3v) is 4.50. The minimum atomic E-state index is -0.224. The van der Waals surface area contributed by atoms with Gasteiger partial charge in [0.05, 0.1) is 17.5 Å². The van der Waals surface area contributed by atoms with Gasteiger partial charge in [-0.15, -0.1) is 13.2 Å². The van der Waals surface area contributed by atoms with Gasteiger partial charge in [0, 0.05) is 11.6 Å². The van der Waals surface area contributed by atoms with Gasteiger partial charge >= 0.3 is 0 Å². The summed E-state index contributed by atoms with van der Waals surface area (Å²) in [7, 11) is 0. The first-order valence-corrected chi connectivity index (χ1v) is 8.42. The van der Waals surface area contributed by atoms with E-state index in [4.69, 9.17) is 0 Å². The number of benzene rings is 1. The third kappa shape index (κ3) is 3.48. The molecule has 3 rings (SSSR count). The fourth-order valence-electron chi connectivity index (χ4n) is 3.43. The number of halogens is 1. The van der Waals surface area contributed by atoms with Crippen LogP contribution in [0.25, 0.3) is 16.7 Å². The number of aromatic nitrogens is 2. The summed E-state index contributed by atoms with van der Waals surface area (Å²) in [6.45, 7) is 13.5. The van der Waals surface area contributed by atoms with E-state index in [2.05, 4.69) is 29.9 Å². The zero-order valence-electron chi connectivity index (χ0n) is 14.7. The molecule has 128 valence electrons. The minimum absolute atomic E-state index is 0.224. The molecule has 4 heteroatoms. The summed E-state index contributed by atoms with van der Waals surface area (Å²) in [6, 6.07) is 3.84. The Hall–Kier alpha value is -2.23. The molecule has 0 bridgehead atoms. The zero-order chi connectivity index (χ0) is 17.7. The van der Waals surface area contributed by atoms with E-state index in [1.807, 2.05) is 24.5 Å². The Labute approximate surface area is 143 Å². The molecule has 1 fully saturated rings. The molecule has 0 N–H and O–H groups in total. The van der Waals surface area contributed by atoms with Crippen LogP contribution in [0.3, 0.4) is 0 Å². The molecule has 0 amide bonds. The van der Waals surface area contributed by atoms with Gasteiger partial charge in [-0.2, -0.15) is 0 Å². The topological polar surface area (TPSA) is 30.2 Å². The van der Waals surface area contributed by atoms with Crippen molar-refractivity contribution in [2.75, 3.05) is 0 Å². The fourth-order valence-corrected chi connectivity index (χ4v) is 3.43. The number of imidazole rings is 1. The SMILES string of the molecule is C=C.C=NC(=C(C)C)c1cc(F)c2c(c1)ncn2C1CCCCC1. The Bertz CT molecular complexity index is 748. The largest absolute Gasteiger partial charge is 0.325 e. The first-order chi connectivity index (χ1) is 11.6. The molecule has 3 nitrogen and oxygen atoms in total. The summed E-state index contributed by atoms with van der Waals surface area (Å²) < 4.78 is 16.7. The first-order valence-electron chi connectivity index (χ1n) is 8.42. The van der Waals surface area contributed by atoms with Crippen LogP contribution < -0.4 is 0 Å². The van der Waals surface area contributed by atoms with Crippen LogP contribution in [0.4, 0.5) is 4.39 Å². The molecular weight excluding hydrogens is 301 g/mol. The van der Waals surface area contributed by atoms with Gasteiger partial charge in [-0.1, -0.05) is 24.8 Å². The summed E-state index contributed by atoms with van der Waals surface area (Å²) in [5.74, 6) is -0.224. The van der Waals surface area contributed by atoms with Crippen LogP contribution in [0.15, 0.2) is 42.2 Å². The molecule has 1 aliphatic rings. The Morgan fingerprint density at radius 3 is 2.46 bits per heavy atom. The van der Waals surface area contributed by atoms with Crippen LogP contribution in [0.5, 0.6) is 0 Å². The lowest BCUT2D eigenvalue weighted by molar-refractivity contribution is 0.357. The molecule has 1 aromatic carbocycles. The minimum Gasteiger partial charge on any atom is -0.325 e. The zero-order valence-corrected chi connectivity index (χ0v) is 14.7. The second-order valence-electron chi connectivity index (χ2n) is 6.28. The van der Waals surface area contributed by atoms with Gasteiger partial charge in [-0.3, -0.25) is 4.99 Å². The van der Waals surface area contributed by atoms with Crippen molar-refractivity contribution in [2.24, 2.45) is 4.99 Å². The van der Waals surface area contributed by atoms with Crippen molar-refractivity contribution >= 4 is 23.4 Å². The molecule has 0 radical (unpaired) electrons. The lowest BCUT2D eigenvalue weighted by atomic mass is 9.95. The predicted octanol–water partition coefficient (Wildman–Crippen LogP) is 5.93. The van der Waals surface area contributed by atoms with E-state index >= 15 is 0 Å². The van der Waals surface area contributed by atoms with Crippen molar-refractivity contribution in [3.63, 3.8) is 0 Å². The summed E-state index contributed by atoms with van der Waals surface area (Å²) in [5, 5.41) is 0. The first kappa shape index (κ1) is 18.1. The van der Waals surface area contributed by atoms with Gasteiger partial charge < -0.3 is 4.57 Å². The Balaban J connectivity index is 0.00000100. The van der Waals surface area contributed by atoms with Gasteiger partial charge in [-0.05, 0) is 45.5 Å². The second kappa shape index (κ2) is 8.04. The normalized spacial score (nSPS) is 14.8. The predicted molar refractivity (Wildman–Crippen MR) is 101 cm³/mol. The number of hydrogen-bond donors (Lipinski definition) is 0. The van der Waals surface area contributed by atoms with Gasteiger partial charge in [-0.25, -0.2) is 9.37 Å². The van der Waals surface area contributed by atoms with Crippen molar-refractivity contribution in [3.8, 4) is 0 Å². The maximum atomic E-state index is 14.7. The Kier molecular flexibility index (Phi) is 6.07. The molecule has 0 atom stereocenters. The van der Waals surface area contributed by atoms with Crippen molar-refractivity contribution in [2.45, 2.75) is 52.0 Å². The summed E-state index contributed by atoms with van der Waals surface area (Å²) in [5.41, 5.74) is 3.80. The van der Waals surface area contributed by atoms with E-state index in [1.54, 1.807) is 12.4 Å². The maximum absolute atomic E-state index is 14.7. The lowest BCUT2D eigenvalue weighted by Crippen LogP contribution is -2.12. The van der Waals surface area contributed by atoms with Crippen molar-refractivity contribution in [3.05, 3.63) is 48.6 Å². The van der Waals surface area contributed by atoms with Gasteiger partial charge in [0.25, 0.3) is 0 Å². The van der Waals surface area contributed by atoms with E-state index in [-0.39, 0.29) is 5.82 Å². The van der Waals surface area contributed by atoms with Crippen LogP contribution >= 0.6 is 0 Å². The number of nitrogens with zero attached hydrogens (tertiary/aromatic N) is 3. The molecule has 0 aliphatic heterocycles. The van der Waals surface area contributed by atoms with Crippen LogP contribution in [0, 0.1) is 5.82 Å². The van der Waals surface area contributed by atoms with Crippen LogP contribution in [-0.2, 0) is 0 Å².